The zero-order valence-corrected chi connectivity index (χ0v) is 13.6. The Morgan fingerprint density at radius 3 is 2.73 bits per heavy atom. The van der Waals surface area contributed by atoms with Crippen molar-refractivity contribution < 1.29 is 9.59 Å². The van der Waals surface area contributed by atoms with Crippen LogP contribution < -0.4 is 4.90 Å². The van der Waals surface area contributed by atoms with E-state index in [2.05, 4.69) is 9.88 Å². The molecule has 0 aliphatic carbocycles. The monoisotopic (exact) mass is 340 g/mol. The SMILES string of the molecule is O=C(CN1CSCC1=O)N1CCN(c2ncccc2Cl)CC1. The summed E-state index contributed by atoms with van der Waals surface area (Å²) in [7, 11) is 0. The zero-order chi connectivity index (χ0) is 15.5. The van der Waals surface area contributed by atoms with Crippen molar-refractivity contribution in [3.05, 3.63) is 23.4 Å². The van der Waals surface area contributed by atoms with Gasteiger partial charge >= 0.3 is 0 Å². The summed E-state index contributed by atoms with van der Waals surface area (Å²) in [5.74, 6) is 1.94. The lowest BCUT2D eigenvalue weighted by atomic mass is 10.3. The van der Waals surface area contributed by atoms with Gasteiger partial charge in [0.05, 0.1) is 16.7 Å². The number of anilines is 1. The second-order valence-electron chi connectivity index (χ2n) is 5.25. The van der Waals surface area contributed by atoms with Gasteiger partial charge in [0.2, 0.25) is 11.8 Å². The highest BCUT2D eigenvalue weighted by Crippen LogP contribution is 2.23. The molecule has 0 spiro atoms. The van der Waals surface area contributed by atoms with Gasteiger partial charge in [0, 0.05) is 32.4 Å². The van der Waals surface area contributed by atoms with Gasteiger partial charge in [0.25, 0.3) is 0 Å². The first kappa shape index (κ1) is 15.4. The van der Waals surface area contributed by atoms with Crippen LogP contribution in [0.1, 0.15) is 0 Å². The molecule has 2 amide bonds. The fourth-order valence-electron chi connectivity index (χ4n) is 2.58. The Balaban J connectivity index is 1.54. The molecule has 2 saturated heterocycles. The van der Waals surface area contributed by atoms with E-state index in [9.17, 15) is 9.59 Å². The standard InChI is InChI=1S/C14H17ClN4O2S/c15-11-2-1-3-16-14(11)18-6-4-17(5-7-18)12(20)8-19-10-22-9-13(19)21/h1-3H,4-10H2. The van der Waals surface area contributed by atoms with Crippen molar-refractivity contribution in [2.75, 3.05) is 49.3 Å². The maximum absolute atomic E-state index is 12.3. The fraction of sp³-hybridized carbons (Fsp3) is 0.500. The Bertz CT molecular complexity index is 578. The van der Waals surface area contributed by atoms with E-state index in [0.717, 1.165) is 5.82 Å². The molecule has 0 radical (unpaired) electrons. The maximum atomic E-state index is 12.3. The van der Waals surface area contributed by atoms with E-state index in [4.69, 9.17) is 11.6 Å². The number of aromatic nitrogens is 1. The number of rotatable bonds is 3. The first-order valence-electron chi connectivity index (χ1n) is 7.14. The van der Waals surface area contributed by atoms with Crippen LogP contribution in [-0.4, -0.2) is 71.0 Å². The van der Waals surface area contributed by atoms with Crippen LogP contribution in [0.2, 0.25) is 5.02 Å². The van der Waals surface area contributed by atoms with Gasteiger partial charge < -0.3 is 14.7 Å². The van der Waals surface area contributed by atoms with Crippen LogP contribution in [-0.2, 0) is 9.59 Å². The number of carbonyl (C=O) groups is 2. The van der Waals surface area contributed by atoms with Gasteiger partial charge in [-0.05, 0) is 12.1 Å². The van der Waals surface area contributed by atoms with Crippen LogP contribution in [0.4, 0.5) is 5.82 Å². The molecule has 6 nitrogen and oxygen atoms in total. The first-order chi connectivity index (χ1) is 10.6. The lowest BCUT2D eigenvalue weighted by molar-refractivity contribution is -0.138. The van der Waals surface area contributed by atoms with E-state index in [1.807, 2.05) is 11.0 Å². The molecule has 8 heteroatoms. The van der Waals surface area contributed by atoms with Gasteiger partial charge in [-0.25, -0.2) is 4.98 Å². The van der Waals surface area contributed by atoms with Crippen molar-refractivity contribution in [2.24, 2.45) is 0 Å². The van der Waals surface area contributed by atoms with E-state index >= 15 is 0 Å². The number of amides is 2. The number of thioether (sulfide) groups is 1. The third-order valence-electron chi connectivity index (χ3n) is 3.82. The van der Waals surface area contributed by atoms with Crippen molar-refractivity contribution in [1.29, 1.82) is 0 Å². The molecule has 0 bridgehead atoms. The van der Waals surface area contributed by atoms with Gasteiger partial charge in [-0.15, -0.1) is 11.8 Å². The number of piperazine rings is 1. The van der Waals surface area contributed by atoms with Gasteiger partial charge in [-0.2, -0.15) is 0 Å². The Labute approximate surface area is 138 Å². The predicted octanol–water partition coefficient (Wildman–Crippen LogP) is 0.917. The molecule has 0 atom stereocenters. The Morgan fingerprint density at radius 1 is 1.32 bits per heavy atom. The topological polar surface area (TPSA) is 56.8 Å². The number of pyridine rings is 1. The summed E-state index contributed by atoms with van der Waals surface area (Å²) in [6.07, 6.45) is 1.72. The second-order valence-corrected chi connectivity index (χ2v) is 6.61. The average molecular weight is 341 g/mol. The smallest absolute Gasteiger partial charge is 0.242 e. The highest BCUT2D eigenvalue weighted by Gasteiger charge is 2.27. The van der Waals surface area contributed by atoms with E-state index in [0.29, 0.717) is 42.8 Å². The number of nitrogens with zero attached hydrogens (tertiary/aromatic N) is 4. The van der Waals surface area contributed by atoms with Crippen LogP contribution in [0.15, 0.2) is 18.3 Å². The van der Waals surface area contributed by atoms with Crippen LogP contribution in [0.25, 0.3) is 0 Å². The summed E-state index contributed by atoms with van der Waals surface area (Å²) in [6, 6.07) is 3.62. The number of halogens is 1. The summed E-state index contributed by atoms with van der Waals surface area (Å²) < 4.78 is 0. The number of carbonyl (C=O) groups excluding carboxylic acids is 2. The van der Waals surface area contributed by atoms with Gasteiger partial charge in [0.15, 0.2) is 0 Å². The number of hydrogen-bond acceptors (Lipinski definition) is 5. The molecule has 0 saturated carbocycles. The predicted molar refractivity (Wildman–Crippen MR) is 87.1 cm³/mol. The molecule has 0 unspecified atom stereocenters. The molecule has 0 N–H and O–H groups in total. The summed E-state index contributed by atoms with van der Waals surface area (Å²) in [5, 5.41) is 0.627. The summed E-state index contributed by atoms with van der Waals surface area (Å²) in [5.41, 5.74) is 0. The van der Waals surface area contributed by atoms with Crippen molar-refractivity contribution in [3.8, 4) is 0 Å². The van der Waals surface area contributed by atoms with E-state index < -0.39 is 0 Å². The highest BCUT2D eigenvalue weighted by atomic mass is 35.5. The van der Waals surface area contributed by atoms with Crippen LogP contribution >= 0.6 is 23.4 Å². The lowest BCUT2D eigenvalue weighted by Gasteiger charge is -2.36. The number of hydrogen-bond donors (Lipinski definition) is 0. The summed E-state index contributed by atoms with van der Waals surface area (Å²) in [6.45, 7) is 2.84. The molecule has 118 valence electrons. The minimum absolute atomic E-state index is 0.0163. The van der Waals surface area contributed by atoms with Gasteiger partial charge in [0.1, 0.15) is 12.4 Å². The fourth-order valence-corrected chi connectivity index (χ4v) is 3.73. The van der Waals surface area contributed by atoms with Gasteiger partial charge in [-0.3, -0.25) is 9.59 Å². The minimum atomic E-state index is 0.0163. The summed E-state index contributed by atoms with van der Waals surface area (Å²) in [4.78, 5) is 33.7. The molecule has 2 aliphatic rings. The Kier molecular flexibility index (Phi) is 4.73. The Morgan fingerprint density at radius 2 is 2.09 bits per heavy atom. The largest absolute Gasteiger partial charge is 0.352 e. The normalized spacial score (nSPS) is 19.0. The third-order valence-corrected chi connectivity index (χ3v) is 5.06. The van der Waals surface area contributed by atoms with Crippen molar-refractivity contribution in [2.45, 2.75) is 0 Å². The molecule has 2 fully saturated rings. The first-order valence-corrected chi connectivity index (χ1v) is 8.67. The zero-order valence-electron chi connectivity index (χ0n) is 12.1. The maximum Gasteiger partial charge on any atom is 0.242 e. The quantitative estimate of drug-likeness (QED) is 0.819. The molecule has 0 aromatic carbocycles. The lowest BCUT2D eigenvalue weighted by Crippen LogP contribution is -2.51. The van der Waals surface area contributed by atoms with Crippen LogP contribution in [0, 0.1) is 0 Å². The molecule has 1 aromatic heterocycles. The molecule has 2 aliphatic heterocycles. The van der Waals surface area contributed by atoms with E-state index in [1.165, 1.54) is 0 Å². The van der Waals surface area contributed by atoms with Crippen molar-refractivity contribution in [1.82, 2.24) is 14.8 Å². The van der Waals surface area contributed by atoms with Crippen molar-refractivity contribution >= 4 is 41.0 Å². The molecule has 3 heterocycles. The van der Waals surface area contributed by atoms with E-state index in [1.54, 1.807) is 28.9 Å². The average Bonchev–Trinajstić information content (AvgIpc) is 2.93. The molecule has 22 heavy (non-hydrogen) atoms. The molecular formula is C14H17ClN4O2S. The highest BCUT2D eigenvalue weighted by molar-refractivity contribution is 8.00. The minimum Gasteiger partial charge on any atom is -0.352 e. The van der Waals surface area contributed by atoms with E-state index in [-0.39, 0.29) is 18.4 Å². The summed E-state index contributed by atoms with van der Waals surface area (Å²) >= 11 is 7.71. The molecule has 3 rings (SSSR count). The molecule has 1 aromatic rings. The van der Waals surface area contributed by atoms with Crippen LogP contribution in [0.3, 0.4) is 0 Å². The Hall–Kier alpha value is -1.47. The second kappa shape index (κ2) is 6.75. The van der Waals surface area contributed by atoms with Crippen LogP contribution in [0.5, 0.6) is 0 Å². The van der Waals surface area contributed by atoms with Gasteiger partial charge in [-0.1, -0.05) is 11.6 Å². The molecular weight excluding hydrogens is 324 g/mol. The van der Waals surface area contributed by atoms with Crippen molar-refractivity contribution in [3.63, 3.8) is 0 Å². The third kappa shape index (κ3) is 3.30.